The van der Waals surface area contributed by atoms with Crippen molar-refractivity contribution in [2.75, 3.05) is 6.54 Å². The van der Waals surface area contributed by atoms with E-state index in [-0.39, 0.29) is 0 Å². The number of oxazole rings is 1. The molecule has 1 aliphatic rings. The fourth-order valence-electron chi connectivity index (χ4n) is 2.53. The molecule has 2 atom stereocenters. The van der Waals surface area contributed by atoms with E-state index in [0.29, 0.717) is 11.3 Å². The van der Waals surface area contributed by atoms with Crippen molar-refractivity contribution in [3.63, 3.8) is 0 Å². The summed E-state index contributed by atoms with van der Waals surface area (Å²) in [5.74, 6) is 0. The molecule has 3 nitrogen and oxygen atoms in total. The summed E-state index contributed by atoms with van der Waals surface area (Å²) in [5.41, 5.74) is 2.86. The normalized spacial score (nSPS) is 22.1. The third kappa shape index (κ3) is 2.18. The fourth-order valence-corrected chi connectivity index (χ4v) is 3.66. The first-order chi connectivity index (χ1) is 8.88. The van der Waals surface area contributed by atoms with Crippen molar-refractivity contribution in [3.05, 3.63) is 47.9 Å². The summed E-state index contributed by atoms with van der Waals surface area (Å²) in [4.78, 5) is 4.21. The molecule has 1 aromatic heterocycles. The first kappa shape index (κ1) is 11.8. The van der Waals surface area contributed by atoms with E-state index in [2.05, 4.69) is 41.5 Å². The van der Waals surface area contributed by atoms with Crippen molar-refractivity contribution in [2.24, 2.45) is 0 Å². The monoisotopic (exact) mass is 260 g/mol. The molecule has 0 fully saturated rings. The third-order valence-electron chi connectivity index (χ3n) is 3.27. The zero-order chi connectivity index (χ0) is 12.4. The van der Waals surface area contributed by atoms with Gasteiger partial charge in [-0.25, -0.2) is 4.98 Å². The molecule has 94 valence electrons. The van der Waals surface area contributed by atoms with Crippen LogP contribution in [0, 0.1) is 0 Å². The van der Waals surface area contributed by atoms with Gasteiger partial charge in [0.15, 0.2) is 0 Å². The summed E-state index contributed by atoms with van der Waals surface area (Å²) >= 11 is 1.72. The predicted octanol–water partition coefficient (Wildman–Crippen LogP) is 3.04. The Labute approximate surface area is 111 Å². The average Bonchev–Trinajstić information content (AvgIpc) is 3.00. The first-order valence-electron chi connectivity index (χ1n) is 6.26. The predicted molar refractivity (Wildman–Crippen MR) is 72.7 cm³/mol. The SMILES string of the molecule is CCNC1c2ccccc2CC1Sc1ncco1. The number of hydrogen-bond donors (Lipinski definition) is 1. The highest BCUT2D eigenvalue weighted by Crippen LogP contribution is 2.40. The van der Waals surface area contributed by atoms with Crippen LogP contribution in [0.3, 0.4) is 0 Å². The highest BCUT2D eigenvalue weighted by molar-refractivity contribution is 7.99. The van der Waals surface area contributed by atoms with Gasteiger partial charge in [-0.05, 0) is 24.1 Å². The van der Waals surface area contributed by atoms with Crippen LogP contribution in [0.2, 0.25) is 0 Å². The van der Waals surface area contributed by atoms with E-state index in [9.17, 15) is 0 Å². The largest absolute Gasteiger partial charge is 0.440 e. The summed E-state index contributed by atoms with van der Waals surface area (Å²) < 4.78 is 5.34. The minimum Gasteiger partial charge on any atom is -0.440 e. The van der Waals surface area contributed by atoms with Gasteiger partial charge in [0.1, 0.15) is 6.26 Å². The van der Waals surface area contributed by atoms with E-state index in [1.807, 2.05) is 0 Å². The Morgan fingerprint density at radius 2 is 2.33 bits per heavy atom. The van der Waals surface area contributed by atoms with E-state index >= 15 is 0 Å². The van der Waals surface area contributed by atoms with Gasteiger partial charge in [0.25, 0.3) is 5.22 Å². The molecule has 0 saturated carbocycles. The second kappa shape index (κ2) is 5.16. The molecule has 0 aliphatic heterocycles. The van der Waals surface area contributed by atoms with Gasteiger partial charge in [-0.2, -0.15) is 0 Å². The number of nitrogens with zero attached hydrogens (tertiary/aromatic N) is 1. The quantitative estimate of drug-likeness (QED) is 0.917. The Morgan fingerprint density at radius 1 is 1.44 bits per heavy atom. The molecule has 1 heterocycles. The molecule has 4 heteroatoms. The smallest absolute Gasteiger partial charge is 0.255 e. The molecule has 2 aromatic rings. The minimum absolute atomic E-state index is 0.392. The highest BCUT2D eigenvalue weighted by atomic mass is 32.2. The van der Waals surface area contributed by atoms with E-state index in [4.69, 9.17) is 4.42 Å². The van der Waals surface area contributed by atoms with Gasteiger partial charge in [0.2, 0.25) is 0 Å². The lowest BCUT2D eigenvalue weighted by molar-refractivity contribution is 0.450. The Hall–Kier alpha value is -1.26. The summed E-state index contributed by atoms with van der Waals surface area (Å²) in [6, 6.07) is 9.05. The summed E-state index contributed by atoms with van der Waals surface area (Å²) in [6.07, 6.45) is 4.40. The maximum Gasteiger partial charge on any atom is 0.255 e. The average molecular weight is 260 g/mol. The minimum atomic E-state index is 0.392. The fraction of sp³-hybridized carbons (Fsp3) is 0.357. The molecule has 1 aliphatic carbocycles. The summed E-state index contributed by atoms with van der Waals surface area (Å²) in [6.45, 7) is 3.12. The summed E-state index contributed by atoms with van der Waals surface area (Å²) in [7, 11) is 0. The Bertz CT molecular complexity index is 510. The van der Waals surface area contributed by atoms with E-state index in [1.165, 1.54) is 11.1 Å². The van der Waals surface area contributed by atoms with Crippen LogP contribution in [0.4, 0.5) is 0 Å². The lowest BCUT2D eigenvalue weighted by Gasteiger charge is -2.19. The van der Waals surface area contributed by atoms with Gasteiger partial charge in [0.05, 0.1) is 6.20 Å². The lowest BCUT2D eigenvalue weighted by atomic mass is 10.1. The number of fused-ring (bicyclic) bond motifs is 1. The van der Waals surface area contributed by atoms with Gasteiger partial charge in [0, 0.05) is 11.3 Å². The summed E-state index contributed by atoms with van der Waals surface area (Å²) in [5, 5.41) is 4.79. The first-order valence-corrected chi connectivity index (χ1v) is 7.13. The molecule has 0 radical (unpaired) electrons. The molecule has 2 unspecified atom stereocenters. The van der Waals surface area contributed by atoms with Crippen molar-refractivity contribution in [1.82, 2.24) is 10.3 Å². The van der Waals surface area contributed by atoms with Crippen molar-refractivity contribution >= 4 is 11.8 Å². The lowest BCUT2D eigenvalue weighted by Crippen LogP contribution is -2.26. The highest BCUT2D eigenvalue weighted by Gasteiger charge is 2.33. The molecule has 0 amide bonds. The number of nitrogens with one attached hydrogen (secondary N) is 1. The van der Waals surface area contributed by atoms with Gasteiger partial charge in [-0.3, -0.25) is 0 Å². The van der Waals surface area contributed by atoms with Crippen LogP contribution < -0.4 is 5.32 Å². The van der Waals surface area contributed by atoms with Crippen molar-refractivity contribution in [3.8, 4) is 0 Å². The van der Waals surface area contributed by atoms with Crippen molar-refractivity contribution in [2.45, 2.75) is 29.9 Å². The Balaban J connectivity index is 1.83. The van der Waals surface area contributed by atoms with Gasteiger partial charge < -0.3 is 9.73 Å². The molecular weight excluding hydrogens is 244 g/mol. The van der Waals surface area contributed by atoms with Crippen LogP contribution in [-0.2, 0) is 6.42 Å². The molecular formula is C14H16N2OS. The Kier molecular flexibility index (Phi) is 3.39. The molecule has 0 spiro atoms. The van der Waals surface area contributed by atoms with Crippen LogP contribution in [0.25, 0.3) is 0 Å². The second-order valence-corrected chi connectivity index (χ2v) is 5.58. The molecule has 1 N–H and O–H groups in total. The van der Waals surface area contributed by atoms with Crippen molar-refractivity contribution < 1.29 is 4.42 Å². The molecule has 0 bridgehead atoms. The van der Waals surface area contributed by atoms with Crippen molar-refractivity contribution in [1.29, 1.82) is 0 Å². The molecule has 18 heavy (non-hydrogen) atoms. The molecule has 0 saturated heterocycles. The standard InChI is InChI=1S/C14H16N2OS/c1-2-15-13-11-6-4-3-5-10(11)9-12(13)18-14-16-7-8-17-14/h3-8,12-13,15H,2,9H2,1H3. The zero-order valence-electron chi connectivity index (χ0n) is 10.3. The van der Waals surface area contributed by atoms with Crippen LogP contribution in [-0.4, -0.2) is 16.8 Å². The van der Waals surface area contributed by atoms with Crippen LogP contribution in [0.1, 0.15) is 24.1 Å². The molecule has 1 aromatic carbocycles. The van der Waals surface area contributed by atoms with Crippen LogP contribution in [0.5, 0.6) is 0 Å². The number of thioether (sulfide) groups is 1. The van der Waals surface area contributed by atoms with Gasteiger partial charge >= 0.3 is 0 Å². The number of aromatic nitrogens is 1. The topological polar surface area (TPSA) is 38.1 Å². The third-order valence-corrected chi connectivity index (χ3v) is 4.41. The van der Waals surface area contributed by atoms with Crippen LogP contribution in [0.15, 0.2) is 46.4 Å². The molecule has 3 rings (SSSR count). The van der Waals surface area contributed by atoms with E-state index in [0.717, 1.165) is 18.2 Å². The number of benzene rings is 1. The number of rotatable bonds is 4. The van der Waals surface area contributed by atoms with E-state index < -0.39 is 0 Å². The Morgan fingerprint density at radius 3 is 3.11 bits per heavy atom. The van der Waals surface area contributed by atoms with E-state index in [1.54, 1.807) is 24.2 Å². The van der Waals surface area contributed by atoms with Gasteiger partial charge in [-0.1, -0.05) is 43.0 Å². The second-order valence-electron chi connectivity index (χ2n) is 4.39. The van der Waals surface area contributed by atoms with Gasteiger partial charge in [-0.15, -0.1) is 0 Å². The maximum absolute atomic E-state index is 5.34. The zero-order valence-corrected chi connectivity index (χ0v) is 11.1. The number of hydrogen-bond acceptors (Lipinski definition) is 4. The maximum atomic E-state index is 5.34. The van der Waals surface area contributed by atoms with Crippen LogP contribution >= 0.6 is 11.8 Å².